The number of amides is 3. The standard InChI is InChI=1S/C31H42N6O4/c1-23(38)33-13-14-35-30(39)19-24-10-16-37-22-25(24)6-5-17-41-29-9-8-28(18-26(29)20-32-21-31(37)40)36(2)15-11-27-7-3-4-12-34-27/h3-9,12,18,24-25,32H,10-11,13-17,19-22H2,1-2H3,(H,33,38)(H,35,39)/b6-5-/t24-,25-/m0/s1. The second-order valence-electron chi connectivity index (χ2n) is 10.7. The van der Waals surface area contributed by atoms with Gasteiger partial charge in [-0.2, -0.15) is 0 Å². The van der Waals surface area contributed by atoms with Crippen molar-refractivity contribution in [1.29, 1.82) is 0 Å². The summed E-state index contributed by atoms with van der Waals surface area (Å²) in [6, 6.07) is 12.1. The predicted octanol–water partition coefficient (Wildman–Crippen LogP) is 1.91. The molecule has 0 saturated carbocycles. The zero-order valence-corrected chi connectivity index (χ0v) is 24.1. The van der Waals surface area contributed by atoms with Crippen LogP contribution < -0.4 is 25.6 Å². The highest BCUT2D eigenvalue weighted by Gasteiger charge is 2.31. The molecule has 1 aromatic carbocycles. The Labute approximate surface area is 242 Å². The zero-order chi connectivity index (χ0) is 29.0. The smallest absolute Gasteiger partial charge is 0.236 e. The largest absolute Gasteiger partial charge is 0.489 e. The van der Waals surface area contributed by atoms with Gasteiger partial charge in [0, 0.05) is 89.2 Å². The lowest BCUT2D eigenvalue weighted by Crippen LogP contribution is -2.47. The quantitative estimate of drug-likeness (QED) is 0.316. The van der Waals surface area contributed by atoms with Crippen molar-refractivity contribution in [3.05, 3.63) is 66.0 Å². The molecule has 1 fully saturated rings. The predicted molar refractivity (Wildman–Crippen MR) is 158 cm³/mol. The van der Waals surface area contributed by atoms with Gasteiger partial charge in [-0.1, -0.05) is 18.2 Å². The van der Waals surface area contributed by atoms with Crippen LogP contribution in [-0.4, -0.2) is 80.5 Å². The van der Waals surface area contributed by atoms with E-state index in [4.69, 9.17) is 4.74 Å². The molecule has 0 radical (unpaired) electrons. The Hall–Kier alpha value is -3.92. The van der Waals surface area contributed by atoms with Gasteiger partial charge in [0.2, 0.25) is 17.7 Å². The number of anilines is 1. The molecule has 0 unspecified atom stereocenters. The lowest BCUT2D eigenvalue weighted by Gasteiger charge is -2.37. The van der Waals surface area contributed by atoms with E-state index >= 15 is 0 Å². The lowest BCUT2D eigenvalue weighted by molar-refractivity contribution is -0.132. The van der Waals surface area contributed by atoms with Crippen molar-refractivity contribution in [2.75, 3.05) is 57.8 Å². The summed E-state index contributed by atoms with van der Waals surface area (Å²) in [5.74, 6) is 0.887. The van der Waals surface area contributed by atoms with Gasteiger partial charge in [-0.05, 0) is 48.6 Å². The van der Waals surface area contributed by atoms with Crippen LogP contribution in [0.5, 0.6) is 5.75 Å². The van der Waals surface area contributed by atoms with Crippen molar-refractivity contribution in [2.24, 2.45) is 11.8 Å². The van der Waals surface area contributed by atoms with Crippen molar-refractivity contribution in [3.8, 4) is 5.75 Å². The van der Waals surface area contributed by atoms with Crippen molar-refractivity contribution >= 4 is 23.4 Å². The van der Waals surface area contributed by atoms with Crippen molar-refractivity contribution in [3.63, 3.8) is 0 Å². The molecular formula is C31H42N6O4. The Morgan fingerprint density at radius 2 is 2.02 bits per heavy atom. The van der Waals surface area contributed by atoms with E-state index in [1.165, 1.54) is 6.92 Å². The molecule has 220 valence electrons. The number of piperidine rings is 1. The first-order chi connectivity index (χ1) is 19.9. The highest BCUT2D eigenvalue weighted by molar-refractivity contribution is 5.79. The van der Waals surface area contributed by atoms with Gasteiger partial charge in [-0.15, -0.1) is 0 Å². The number of hydrogen-bond acceptors (Lipinski definition) is 7. The van der Waals surface area contributed by atoms with Crippen LogP contribution in [0, 0.1) is 11.8 Å². The minimum Gasteiger partial charge on any atom is -0.489 e. The number of hydrogen-bond donors (Lipinski definition) is 3. The second kappa shape index (κ2) is 15.2. The number of aromatic nitrogens is 1. The molecule has 0 aliphatic carbocycles. The fraction of sp³-hybridized carbons (Fsp3) is 0.484. The van der Waals surface area contributed by atoms with Crippen LogP contribution in [0.4, 0.5) is 5.69 Å². The molecule has 4 rings (SSSR count). The van der Waals surface area contributed by atoms with Crippen LogP contribution in [0.15, 0.2) is 54.7 Å². The number of pyridine rings is 1. The first kappa shape index (κ1) is 30.0. The summed E-state index contributed by atoms with van der Waals surface area (Å²) in [5, 5.41) is 8.89. The van der Waals surface area contributed by atoms with E-state index in [-0.39, 0.29) is 36.1 Å². The first-order valence-electron chi connectivity index (χ1n) is 14.4. The Bertz CT molecular complexity index is 1200. The highest BCUT2D eigenvalue weighted by atomic mass is 16.5. The average Bonchev–Trinajstić information content (AvgIpc) is 2.98. The van der Waals surface area contributed by atoms with Crippen LogP contribution in [0.1, 0.15) is 31.0 Å². The fourth-order valence-electron chi connectivity index (χ4n) is 5.30. The third-order valence-corrected chi connectivity index (χ3v) is 7.65. The number of nitrogens with one attached hydrogen (secondary N) is 3. The minimum absolute atomic E-state index is 0.0379. The van der Waals surface area contributed by atoms with Gasteiger partial charge in [-0.3, -0.25) is 19.4 Å². The average molecular weight is 563 g/mol. The minimum atomic E-state index is -0.117. The molecule has 0 spiro atoms. The third kappa shape index (κ3) is 9.31. The monoisotopic (exact) mass is 562 g/mol. The van der Waals surface area contributed by atoms with Gasteiger partial charge in [0.15, 0.2) is 0 Å². The van der Waals surface area contributed by atoms with Gasteiger partial charge in [0.1, 0.15) is 12.4 Å². The van der Waals surface area contributed by atoms with E-state index in [0.717, 1.165) is 42.1 Å². The van der Waals surface area contributed by atoms with Gasteiger partial charge in [-0.25, -0.2) is 0 Å². The molecule has 1 saturated heterocycles. The van der Waals surface area contributed by atoms with E-state index in [2.05, 4.69) is 51.1 Å². The van der Waals surface area contributed by atoms with Crippen LogP contribution in [0.25, 0.3) is 0 Å². The molecule has 10 heteroatoms. The number of rotatable bonds is 9. The maximum Gasteiger partial charge on any atom is 0.236 e. The number of likely N-dealkylation sites (N-methyl/N-ethyl adjacent to an activating group) is 1. The Morgan fingerprint density at radius 1 is 1.17 bits per heavy atom. The van der Waals surface area contributed by atoms with Crippen molar-refractivity contribution in [1.82, 2.24) is 25.8 Å². The topological polar surface area (TPSA) is 116 Å². The molecule has 2 bridgehead atoms. The summed E-state index contributed by atoms with van der Waals surface area (Å²) >= 11 is 0. The molecule has 3 amide bonds. The molecular weight excluding hydrogens is 520 g/mol. The van der Waals surface area contributed by atoms with Crippen LogP contribution in [0.2, 0.25) is 0 Å². The number of fused-ring (bicyclic) bond motifs is 3. The summed E-state index contributed by atoms with van der Waals surface area (Å²) in [4.78, 5) is 45.2. The molecule has 41 heavy (non-hydrogen) atoms. The molecule has 1 aromatic heterocycles. The summed E-state index contributed by atoms with van der Waals surface area (Å²) in [5.41, 5.74) is 3.13. The number of benzene rings is 1. The van der Waals surface area contributed by atoms with Crippen molar-refractivity contribution in [2.45, 2.75) is 32.7 Å². The van der Waals surface area contributed by atoms with E-state index in [1.807, 2.05) is 41.4 Å². The van der Waals surface area contributed by atoms with Gasteiger partial charge in [0.25, 0.3) is 0 Å². The number of nitrogens with zero attached hydrogens (tertiary/aromatic N) is 3. The zero-order valence-electron chi connectivity index (χ0n) is 24.1. The molecule has 3 N–H and O–H groups in total. The maximum atomic E-state index is 13.1. The number of carbonyl (C=O) groups is 3. The maximum absolute atomic E-state index is 13.1. The summed E-state index contributed by atoms with van der Waals surface area (Å²) in [6.07, 6.45) is 7.91. The Morgan fingerprint density at radius 3 is 2.83 bits per heavy atom. The molecule has 10 nitrogen and oxygen atoms in total. The SMILES string of the molecule is CC(=O)NCCNC(=O)C[C@@H]1CCN2C[C@@H]1/C=C\COc1ccc(N(C)CCc3ccccn3)cc1CNCC2=O. The van der Waals surface area contributed by atoms with E-state index < -0.39 is 0 Å². The summed E-state index contributed by atoms with van der Waals surface area (Å²) in [6.45, 7) is 5.47. The van der Waals surface area contributed by atoms with Gasteiger partial charge < -0.3 is 30.5 Å². The molecule has 3 heterocycles. The Kier molecular flexibility index (Phi) is 11.1. The highest BCUT2D eigenvalue weighted by Crippen LogP contribution is 2.29. The third-order valence-electron chi connectivity index (χ3n) is 7.65. The Balaban J connectivity index is 1.38. The van der Waals surface area contributed by atoms with E-state index in [0.29, 0.717) is 45.8 Å². The molecule has 2 aliphatic rings. The lowest BCUT2D eigenvalue weighted by atomic mass is 9.82. The number of ether oxygens (including phenoxy) is 1. The van der Waals surface area contributed by atoms with Crippen LogP contribution in [0.3, 0.4) is 0 Å². The van der Waals surface area contributed by atoms with Crippen LogP contribution >= 0.6 is 0 Å². The molecule has 2 atom stereocenters. The number of carbonyl (C=O) groups excluding carboxylic acids is 3. The second-order valence-corrected chi connectivity index (χ2v) is 10.7. The molecule has 2 aromatic rings. The summed E-state index contributed by atoms with van der Waals surface area (Å²) < 4.78 is 6.16. The van der Waals surface area contributed by atoms with Gasteiger partial charge in [0.05, 0.1) is 6.54 Å². The van der Waals surface area contributed by atoms with Gasteiger partial charge >= 0.3 is 0 Å². The van der Waals surface area contributed by atoms with E-state index in [1.54, 1.807) is 0 Å². The molecule has 2 aliphatic heterocycles. The normalized spacial score (nSPS) is 19.9. The van der Waals surface area contributed by atoms with E-state index in [9.17, 15) is 14.4 Å². The summed E-state index contributed by atoms with van der Waals surface area (Å²) in [7, 11) is 2.07. The fourth-order valence-corrected chi connectivity index (χ4v) is 5.30. The van der Waals surface area contributed by atoms with Crippen LogP contribution in [-0.2, 0) is 27.3 Å². The first-order valence-corrected chi connectivity index (χ1v) is 14.4. The van der Waals surface area contributed by atoms with Crippen molar-refractivity contribution < 1.29 is 19.1 Å².